The predicted octanol–water partition coefficient (Wildman–Crippen LogP) is 2.92. The van der Waals surface area contributed by atoms with Crippen LogP contribution in [0.25, 0.3) is 10.9 Å². The van der Waals surface area contributed by atoms with Crippen molar-refractivity contribution >= 4 is 27.8 Å². The maximum Gasteiger partial charge on any atom is 0.198 e. The van der Waals surface area contributed by atoms with Crippen LogP contribution >= 0.6 is 0 Å². The van der Waals surface area contributed by atoms with Crippen LogP contribution in [0.2, 0.25) is 0 Å². The SMILES string of the molecule is O=C(c1cnoc1C1CC1)c1cccc2c1ccn2CS(=O)O. The van der Waals surface area contributed by atoms with Crippen LogP contribution < -0.4 is 0 Å². The lowest BCUT2D eigenvalue weighted by atomic mass is 9.99. The third kappa shape index (κ3) is 2.51. The van der Waals surface area contributed by atoms with E-state index in [0.717, 1.165) is 23.7 Å². The average molecular weight is 330 g/mol. The lowest BCUT2D eigenvalue weighted by Crippen LogP contribution is -2.05. The molecule has 1 N–H and O–H groups in total. The highest BCUT2D eigenvalue weighted by Crippen LogP contribution is 2.42. The van der Waals surface area contributed by atoms with E-state index in [0.29, 0.717) is 22.8 Å². The normalized spacial score (nSPS) is 15.9. The van der Waals surface area contributed by atoms with Crippen molar-refractivity contribution in [3.05, 3.63) is 53.5 Å². The topological polar surface area (TPSA) is 85.3 Å². The van der Waals surface area contributed by atoms with E-state index in [-0.39, 0.29) is 11.7 Å². The Morgan fingerprint density at radius 3 is 2.91 bits per heavy atom. The molecule has 4 rings (SSSR count). The van der Waals surface area contributed by atoms with Gasteiger partial charge in [0.15, 0.2) is 22.6 Å². The van der Waals surface area contributed by atoms with Gasteiger partial charge in [-0.25, -0.2) is 4.21 Å². The molecular formula is C16H14N2O4S. The fraction of sp³-hybridized carbons (Fsp3) is 0.250. The van der Waals surface area contributed by atoms with Crippen molar-refractivity contribution in [3.63, 3.8) is 0 Å². The van der Waals surface area contributed by atoms with E-state index in [9.17, 15) is 9.00 Å². The van der Waals surface area contributed by atoms with Gasteiger partial charge in [0, 0.05) is 28.6 Å². The fourth-order valence-electron chi connectivity index (χ4n) is 2.86. The molecule has 0 bridgehead atoms. The Hall–Kier alpha value is -2.25. The van der Waals surface area contributed by atoms with Gasteiger partial charge >= 0.3 is 0 Å². The third-order valence-electron chi connectivity index (χ3n) is 4.10. The number of ketones is 1. The summed E-state index contributed by atoms with van der Waals surface area (Å²) in [6.45, 7) is 0. The van der Waals surface area contributed by atoms with Gasteiger partial charge in [0.05, 0.1) is 11.8 Å². The molecule has 7 heteroatoms. The van der Waals surface area contributed by atoms with Crippen LogP contribution in [0.4, 0.5) is 0 Å². The maximum absolute atomic E-state index is 12.9. The van der Waals surface area contributed by atoms with Gasteiger partial charge in [-0.3, -0.25) is 4.79 Å². The summed E-state index contributed by atoms with van der Waals surface area (Å²) in [5.41, 5.74) is 1.82. The number of nitrogens with zero attached hydrogens (tertiary/aromatic N) is 2. The van der Waals surface area contributed by atoms with Crippen molar-refractivity contribution in [2.45, 2.75) is 24.6 Å². The summed E-state index contributed by atoms with van der Waals surface area (Å²) in [4.78, 5) is 12.9. The molecule has 0 aliphatic heterocycles. The molecule has 118 valence electrons. The summed E-state index contributed by atoms with van der Waals surface area (Å²) in [6.07, 6.45) is 5.25. The van der Waals surface area contributed by atoms with Crippen molar-refractivity contribution in [1.82, 2.24) is 9.72 Å². The molecule has 1 aromatic carbocycles. The van der Waals surface area contributed by atoms with E-state index in [1.807, 2.05) is 6.07 Å². The van der Waals surface area contributed by atoms with Gasteiger partial charge in [0.2, 0.25) is 0 Å². The first-order chi connectivity index (χ1) is 11.1. The minimum Gasteiger partial charge on any atom is -0.360 e. The van der Waals surface area contributed by atoms with Crippen molar-refractivity contribution in [3.8, 4) is 0 Å². The molecule has 1 aliphatic rings. The van der Waals surface area contributed by atoms with Crippen LogP contribution in [-0.2, 0) is 17.0 Å². The van der Waals surface area contributed by atoms with Crippen molar-refractivity contribution in [2.24, 2.45) is 0 Å². The Kier molecular flexibility index (Phi) is 3.39. The van der Waals surface area contributed by atoms with E-state index in [1.165, 1.54) is 6.20 Å². The van der Waals surface area contributed by atoms with E-state index in [2.05, 4.69) is 5.16 Å². The Morgan fingerprint density at radius 1 is 1.35 bits per heavy atom. The second-order valence-corrected chi connectivity index (χ2v) is 6.58. The Labute approximate surface area is 134 Å². The van der Waals surface area contributed by atoms with E-state index in [1.54, 1.807) is 29.0 Å². The van der Waals surface area contributed by atoms with Gasteiger partial charge in [-0.05, 0) is 25.0 Å². The predicted molar refractivity (Wildman–Crippen MR) is 84.6 cm³/mol. The number of benzene rings is 1. The maximum atomic E-state index is 12.9. The Bertz CT molecular complexity index is 923. The zero-order chi connectivity index (χ0) is 16.0. The number of aromatic nitrogens is 2. The molecule has 1 atom stereocenters. The number of fused-ring (bicyclic) bond motifs is 1. The molecule has 2 aromatic heterocycles. The van der Waals surface area contributed by atoms with E-state index < -0.39 is 11.1 Å². The minimum atomic E-state index is -1.95. The monoisotopic (exact) mass is 330 g/mol. The highest BCUT2D eigenvalue weighted by atomic mass is 32.2. The molecular weight excluding hydrogens is 316 g/mol. The summed E-state index contributed by atoms with van der Waals surface area (Å²) in [7, 11) is 0. The summed E-state index contributed by atoms with van der Waals surface area (Å²) in [6, 6.07) is 7.15. The van der Waals surface area contributed by atoms with Crippen LogP contribution in [-0.4, -0.2) is 24.3 Å². The number of hydrogen-bond donors (Lipinski definition) is 1. The van der Waals surface area contributed by atoms with Crippen LogP contribution in [0.1, 0.15) is 40.4 Å². The summed E-state index contributed by atoms with van der Waals surface area (Å²) >= 11 is -1.95. The zero-order valence-electron chi connectivity index (χ0n) is 12.1. The standard InChI is InChI=1S/C16H14N2O4S/c19-15(13-8-17-22-16(13)10-4-5-10)12-2-1-3-14-11(12)6-7-18(14)9-23(20)21/h1-3,6-8,10H,4-5,9H2,(H,20,21). The molecule has 0 radical (unpaired) electrons. The lowest BCUT2D eigenvalue weighted by molar-refractivity contribution is 0.103. The second-order valence-electron chi connectivity index (χ2n) is 5.68. The molecule has 6 nitrogen and oxygen atoms in total. The number of hydrogen-bond acceptors (Lipinski definition) is 4. The molecule has 3 aromatic rings. The smallest absolute Gasteiger partial charge is 0.198 e. The summed E-state index contributed by atoms with van der Waals surface area (Å²) in [5.74, 6) is 0.823. The van der Waals surface area contributed by atoms with Crippen molar-refractivity contribution < 1.29 is 18.1 Å². The van der Waals surface area contributed by atoms with Gasteiger partial charge in [-0.15, -0.1) is 0 Å². The molecule has 1 fully saturated rings. The number of carbonyl (C=O) groups is 1. The van der Waals surface area contributed by atoms with Crippen LogP contribution in [0.15, 0.2) is 41.2 Å². The first kappa shape index (κ1) is 14.3. The zero-order valence-corrected chi connectivity index (χ0v) is 13.0. The molecule has 0 amide bonds. The third-order valence-corrected chi connectivity index (χ3v) is 4.60. The van der Waals surface area contributed by atoms with E-state index in [4.69, 9.17) is 9.08 Å². The van der Waals surface area contributed by atoms with Crippen LogP contribution in [0.3, 0.4) is 0 Å². The average Bonchev–Trinajstić information content (AvgIpc) is 3.12. The summed E-state index contributed by atoms with van der Waals surface area (Å²) in [5, 5.41) is 4.54. The Balaban J connectivity index is 1.79. The van der Waals surface area contributed by atoms with Gasteiger partial charge < -0.3 is 13.6 Å². The van der Waals surface area contributed by atoms with Gasteiger partial charge in [0.25, 0.3) is 0 Å². The van der Waals surface area contributed by atoms with Crippen LogP contribution in [0, 0.1) is 0 Å². The summed E-state index contributed by atoms with van der Waals surface area (Å²) < 4.78 is 27.0. The molecule has 1 aliphatic carbocycles. The first-order valence-corrected chi connectivity index (χ1v) is 8.57. The number of carbonyl (C=O) groups excluding carboxylic acids is 1. The molecule has 0 saturated heterocycles. The highest BCUT2D eigenvalue weighted by Gasteiger charge is 2.33. The highest BCUT2D eigenvalue weighted by molar-refractivity contribution is 7.78. The van der Waals surface area contributed by atoms with Crippen molar-refractivity contribution in [1.29, 1.82) is 0 Å². The Morgan fingerprint density at radius 2 is 2.17 bits per heavy atom. The largest absolute Gasteiger partial charge is 0.360 e. The van der Waals surface area contributed by atoms with E-state index >= 15 is 0 Å². The minimum absolute atomic E-state index is 0.0261. The molecule has 1 saturated carbocycles. The number of rotatable bonds is 5. The molecule has 23 heavy (non-hydrogen) atoms. The first-order valence-electron chi connectivity index (χ1n) is 7.29. The van der Waals surface area contributed by atoms with Gasteiger partial charge in [-0.1, -0.05) is 17.3 Å². The quantitative estimate of drug-likeness (QED) is 0.574. The van der Waals surface area contributed by atoms with Crippen molar-refractivity contribution in [2.75, 3.05) is 0 Å². The fourth-order valence-corrected chi connectivity index (χ4v) is 3.32. The second kappa shape index (κ2) is 5.43. The lowest BCUT2D eigenvalue weighted by Gasteiger charge is -2.05. The van der Waals surface area contributed by atoms with Crippen LogP contribution in [0.5, 0.6) is 0 Å². The molecule has 1 unspecified atom stereocenters. The van der Waals surface area contributed by atoms with Gasteiger partial charge in [-0.2, -0.15) is 0 Å². The molecule has 2 heterocycles. The molecule has 0 spiro atoms. The van der Waals surface area contributed by atoms with Gasteiger partial charge in [0.1, 0.15) is 5.88 Å².